The summed E-state index contributed by atoms with van der Waals surface area (Å²) >= 11 is 0. The zero-order chi connectivity index (χ0) is 28.9. The average Bonchev–Trinajstić information content (AvgIpc) is 3.05. The molecule has 0 radical (unpaired) electrons. The van der Waals surface area contributed by atoms with E-state index in [1.807, 2.05) is 59.5 Å². The van der Waals surface area contributed by atoms with Crippen molar-refractivity contribution in [3.8, 4) is 0 Å². The number of rotatable bonds is 8. The highest BCUT2D eigenvalue weighted by Crippen LogP contribution is 2.32. The first kappa shape index (κ1) is 27.9. The molecule has 1 amide bonds. The molecule has 0 spiro atoms. The lowest BCUT2D eigenvalue weighted by Gasteiger charge is -2.36. The molecule has 2 atom stereocenters. The largest absolute Gasteiger partial charge is 0.464 e. The quantitative estimate of drug-likeness (QED) is 0.334. The third-order valence-electron chi connectivity index (χ3n) is 7.92. The number of ether oxygens (including phenoxy) is 2. The van der Waals surface area contributed by atoms with Gasteiger partial charge in [0, 0.05) is 50.6 Å². The molecule has 1 N–H and O–H groups in total. The second-order valence-electron chi connectivity index (χ2n) is 10.8. The number of aliphatic hydroxyl groups excluding tert-OH is 1. The maximum atomic E-state index is 13.7. The van der Waals surface area contributed by atoms with Crippen LogP contribution >= 0.6 is 0 Å². The van der Waals surface area contributed by atoms with Crippen LogP contribution in [0.5, 0.6) is 0 Å². The van der Waals surface area contributed by atoms with E-state index in [1.165, 1.54) is 11.8 Å². The second kappa shape index (κ2) is 12.7. The van der Waals surface area contributed by atoms with Gasteiger partial charge in [-0.25, -0.2) is 0 Å². The van der Waals surface area contributed by atoms with Crippen LogP contribution in [0.2, 0.25) is 0 Å². The summed E-state index contributed by atoms with van der Waals surface area (Å²) in [4.78, 5) is 31.3. The van der Waals surface area contributed by atoms with E-state index < -0.39 is 12.2 Å². The van der Waals surface area contributed by atoms with Gasteiger partial charge >= 0.3 is 0 Å². The van der Waals surface area contributed by atoms with Gasteiger partial charge in [0.15, 0.2) is 11.2 Å². The molecule has 6 rings (SSSR count). The fourth-order valence-electron chi connectivity index (χ4n) is 5.51. The minimum atomic E-state index is -0.735. The third kappa shape index (κ3) is 6.31. The van der Waals surface area contributed by atoms with E-state index in [4.69, 9.17) is 13.9 Å². The molecule has 1 aromatic heterocycles. The number of hydrogen-bond acceptors (Lipinski definition) is 7. The Labute approximate surface area is 244 Å². The SMILES string of the molecule is O=C(C1=C[C@H](c2coc3ccccc3c2=O)C[C@H](OCc2ccc(CO)cc2)O1)N1CCN(Cc2ccccc2)CC1. The fraction of sp³-hybridized carbons (Fsp3) is 0.294. The van der Waals surface area contributed by atoms with Crippen LogP contribution in [0.15, 0.2) is 106 Å². The second-order valence-corrected chi connectivity index (χ2v) is 10.8. The van der Waals surface area contributed by atoms with Crippen molar-refractivity contribution >= 4 is 16.9 Å². The Hall–Kier alpha value is -4.24. The Morgan fingerprint density at radius 3 is 2.36 bits per heavy atom. The van der Waals surface area contributed by atoms with Crippen LogP contribution in [0.4, 0.5) is 0 Å². The molecule has 8 nitrogen and oxygen atoms in total. The van der Waals surface area contributed by atoms with E-state index in [9.17, 15) is 14.7 Å². The molecule has 2 aliphatic rings. The lowest BCUT2D eigenvalue weighted by Crippen LogP contribution is -2.49. The van der Waals surface area contributed by atoms with E-state index in [0.717, 1.165) is 30.8 Å². The monoisotopic (exact) mass is 566 g/mol. The first-order valence-corrected chi connectivity index (χ1v) is 14.3. The molecule has 0 aliphatic carbocycles. The first-order chi connectivity index (χ1) is 20.6. The molecule has 3 aromatic carbocycles. The van der Waals surface area contributed by atoms with E-state index >= 15 is 0 Å². The van der Waals surface area contributed by atoms with Crippen LogP contribution in [0.1, 0.15) is 34.6 Å². The summed E-state index contributed by atoms with van der Waals surface area (Å²) in [5, 5.41) is 9.83. The summed E-state index contributed by atoms with van der Waals surface area (Å²) in [6.07, 6.45) is 2.86. The molecule has 3 heterocycles. The van der Waals surface area contributed by atoms with Crippen molar-refractivity contribution in [1.82, 2.24) is 9.80 Å². The summed E-state index contributed by atoms with van der Waals surface area (Å²) in [5.74, 6) is -0.430. The molecule has 0 bridgehead atoms. The highest BCUT2D eigenvalue weighted by Gasteiger charge is 2.33. The van der Waals surface area contributed by atoms with Crippen molar-refractivity contribution in [3.05, 3.63) is 129 Å². The molecule has 0 saturated carbocycles. The summed E-state index contributed by atoms with van der Waals surface area (Å²) in [5.41, 5.74) is 3.84. The van der Waals surface area contributed by atoms with Crippen LogP contribution < -0.4 is 5.43 Å². The minimum Gasteiger partial charge on any atom is -0.464 e. The van der Waals surface area contributed by atoms with Crippen molar-refractivity contribution in [3.63, 3.8) is 0 Å². The van der Waals surface area contributed by atoms with Crippen LogP contribution in [-0.4, -0.2) is 53.3 Å². The van der Waals surface area contributed by atoms with Gasteiger partial charge in [-0.05, 0) is 34.9 Å². The number of piperazine rings is 1. The van der Waals surface area contributed by atoms with E-state index in [2.05, 4.69) is 17.0 Å². The number of amides is 1. The van der Waals surface area contributed by atoms with Gasteiger partial charge in [-0.2, -0.15) is 0 Å². The zero-order valence-electron chi connectivity index (χ0n) is 23.4. The number of nitrogens with zero attached hydrogens (tertiary/aromatic N) is 2. The Morgan fingerprint density at radius 2 is 1.60 bits per heavy atom. The summed E-state index contributed by atoms with van der Waals surface area (Å²) in [6, 6.07) is 24.9. The van der Waals surface area contributed by atoms with Gasteiger partial charge in [-0.3, -0.25) is 14.5 Å². The van der Waals surface area contributed by atoms with Crippen molar-refractivity contribution < 1.29 is 23.8 Å². The minimum absolute atomic E-state index is 0.0281. The lowest BCUT2D eigenvalue weighted by atomic mass is 9.93. The van der Waals surface area contributed by atoms with Gasteiger partial charge in [-0.1, -0.05) is 66.7 Å². The Bertz CT molecular complexity index is 1610. The fourth-order valence-corrected chi connectivity index (χ4v) is 5.51. The number of para-hydroxylation sites is 1. The van der Waals surface area contributed by atoms with Crippen LogP contribution in [0.25, 0.3) is 11.0 Å². The summed E-state index contributed by atoms with van der Waals surface area (Å²) in [7, 11) is 0. The molecule has 2 aliphatic heterocycles. The van der Waals surface area contributed by atoms with E-state index in [-0.39, 0.29) is 30.3 Å². The molecular formula is C34H34N2O6. The standard InChI is InChI=1S/C34H34N2O6/c37-21-25-10-12-26(13-11-25)22-41-32-19-27(29-23-40-30-9-5-4-8-28(30)33(29)38)18-31(42-32)34(39)36-16-14-35(15-17-36)20-24-6-2-1-3-7-24/h1-13,18,23,27,32,37H,14-17,19-22H2/t27-,32+/m0/s1. The van der Waals surface area contributed by atoms with Crippen molar-refractivity contribution in [1.29, 1.82) is 0 Å². The highest BCUT2D eigenvalue weighted by atomic mass is 16.7. The summed E-state index contributed by atoms with van der Waals surface area (Å²) in [6.45, 7) is 3.76. The Kier molecular flexibility index (Phi) is 8.46. The number of carbonyl (C=O) groups is 1. The predicted molar refractivity (Wildman–Crippen MR) is 158 cm³/mol. The highest BCUT2D eigenvalue weighted by molar-refractivity contribution is 5.92. The van der Waals surface area contributed by atoms with Crippen molar-refractivity contribution in [2.45, 2.75) is 38.4 Å². The van der Waals surface area contributed by atoms with Crippen LogP contribution in [0, 0.1) is 0 Å². The molecule has 4 aromatic rings. The van der Waals surface area contributed by atoms with Gasteiger partial charge in [0.1, 0.15) is 5.58 Å². The Morgan fingerprint density at radius 1 is 0.881 bits per heavy atom. The van der Waals surface area contributed by atoms with Gasteiger partial charge < -0.3 is 23.9 Å². The number of allylic oxidation sites excluding steroid dienone is 1. The molecule has 1 saturated heterocycles. The number of carbonyl (C=O) groups excluding carboxylic acids is 1. The zero-order valence-corrected chi connectivity index (χ0v) is 23.4. The van der Waals surface area contributed by atoms with E-state index in [1.54, 1.807) is 18.2 Å². The molecule has 8 heteroatoms. The maximum absolute atomic E-state index is 13.7. The average molecular weight is 567 g/mol. The molecule has 1 fully saturated rings. The predicted octanol–water partition coefficient (Wildman–Crippen LogP) is 4.56. The first-order valence-electron chi connectivity index (χ1n) is 14.3. The molecule has 42 heavy (non-hydrogen) atoms. The number of fused-ring (bicyclic) bond motifs is 1. The van der Waals surface area contributed by atoms with Gasteiger partial charge in [0.05, 0.1) is 24.9 Å². The smallest absolute Gasteiger partial charge is 0.288 e. The molecule has 0 unspecified atom stereocenters. The van der Waals surface area contributed by atoms with Crippen molar-refractivity contribution in [2.75, 3.05) is 26.2 Å². The van der Waals surface area contributed by atoms with E-state index in [0.29, 0.717) is 36.0 Å². The third-order valence-corrected chi connectivity index (χ3v) is 7.92. The van der Waals surface area contributed by atoms with Crippen LogP contribution in [0.3, 0.4) is 0 Å². The molecule has 216 valence electrons. The van der Waals surface area contributed by atoms with Gasteiger partial charge in [0.25, 0.3) is 5.91 Å². The number of aliphatic hydroxyl groups is 1. The van der Waals surface area contributed by atoms with Crippen LogP contribution in [-0.2, 0) is 34.0 Å². The number of benzene rings is 3. The number of hydrogen-bond donors (Lipinski definition) is 1. The van der Waals surface area contributed by atoms with Crippen molar-refractivity contribution in [2.24, 2.45) is 0 Å². The van der Waals surface area contributed by atoms with Gasteiger partial charge in [-0.15, -0.1) is 0 Å². The topological polar surface area (TPSA) is 92.5 Å². The Balaban J connectivity index is 1.20. The van der Waals surface area contributed by atoms with Gasteiger partial charge in [0.2, 0.25) is 6.29 Å². The summed E-state index contributed by atoms with van der Waals surface area (Å²) < 4.78 is 18.1. The maximum Gasteiger partial charge on any atom is 0.288 e. The molecular weight excluding hydrogens is 532 g/mol. The normalized spacial score (nSPS) is 19.4. The lowest BCUT2D eigenvalue weighted by molar-refractivity contribution is -0.157.